The number of rotatable bonds is 6. The van der Waals surface area contributed by atoms with Crippen LogP contribution in [0.5, 0.6) is 0 Å². The van der Waals surface area contributed by atoms with Crippen LogP contribution in [0, 0.1) is 0 Å². The first kappa shape index (κ1) is 12.7. The minimum atomic E-state index is -2.84. The average molecular weight is 322 g/mol. The van der Waals surface area contributed by atoms with Gasteiger partial charge < -0.3 is 9.42 Å². The van der Waals surface area contributed by atoms with Crippen LogP contribution in [-0.4, -0.2) is 15.6 Å². The Balaban J connectivity index is 3.93. The standard InChI is InChI=1S/C6H11Br2O3P/c7-4-1-2-6(3-5-8)11-12(9)10/h2,12H,1,3-5H2,(H,9,10). The molecule has 6 heteroatoms. The van der Waals surface area contributed by atoms with E-state index in [2.05, 4.69) is 31.9 Å². The maximum atomic E-state index is 10.3. The van der Waals surface area contributed by atoms with Gasteiger partial charge in [0.05, 0.1) is 0 Å². The summed E-state index contributed by atoms with van der Waals surface area (Å²) in [5.41, 5.74) is 0. The second kappa shape index (κ2) is 8.30. The van der Waals surface area contributed by atoms with Crippen LogP contribution < -0.4 is 0 Å². The van der Waals surface area contributed by atoms with Gasteiger partial charge in [0.2, 0.25) is 0 Å². The van der Waals surface area contributed by atoms with Crippen molar-refractivity contribution >= 4 is 40.1 Å². The molecule has 72 valence electrons. The van der Waals surface area contributed by atoms with Gasteiger partial charge in [-0.1, -0.05) is 31.9 Å². The predicted molar refractivity (Wildman–Crippen MR) is 57.2 cm³/mol. The molecule has 0 aromatic carbocycles. The zero-order chi connectivity index (χ0) is 9.40. The molecule has 12 heavy (non-hydrogen) atoms. The third-order valence-electron chi connectivity index (χ3n) is 1.04. The first-order chi connectivity index (χ1) is 5.70. The second-order valence-electron chi connectivity index (χ2n) is 1.96. The number of hydrogen-bond donors (Lipinski definition) is 1. The normalized spacial score (nSPS) is 14.4. The molecule has 0 rings (SSSR count). The minimum Gasteiger partial charge on any atom is -0.431 e. The van der Waals surface area contributed by atoms with E-state index in [0.717, 1.165) is 17.1 Å². The van der Waals surface area contributed by atoms with Gasteiger partial charge in [-0.2, -0.15) is 0 Å². The summed E-state index contributed by atoms with van der Waals surface area (Å²) in [4.78, 5) is 8.50. The fourth-order valence-corrected chi connectivity index (χ4v) is 1.64. The van der Waals surface area contributed by atoms with E-state index < -0.39 is 8.25 Å². The Morgan fingerprint density at radius 1 is 1.50 bits per heavy atom. The number of hydrogen-bond acceptors (Lipinski definition) is 2. The summed E-state index contributed by atoms with van der Waals surface area (Å²) >= 11 is 6.48. The molecule has 1 atom stereocenters. The van der Waals surface area contributed by atoms with Crippen LogP contribution in [0.3, 0.4) is 0 Å². The molecular formula is C6H11Br2O3P. The van der Waals surface area contributed by atoms with Crippen molar-refractivity contribution in [2.45, 2.75) is 12.8 Å². The summed E-state index contributed by atoms with van der Waals surface area (Å²) in [5.74, 6) is 0.581. The molecule has 3 nitrogen and oxygen atoms in total. The lowest BCUT2D eigenvalue weighted by atomic mass is 10.3. The number of allylic oxidation sites excluding steroid dienone is 2. The van der Waals surface area contributed by atoms with E-state index in [1.165, 1.54) is 0 Å². The van der Waals surface area contributed by atoms with E-state index >= 15 is 0 Å². The smallest absolute Gasteiger partial charge is 0.364 e. The minimum absolute atomic E-state index is 0.581. The third-order valence-corrected chi connectivity index (χ3v) is 2.33. The Labute approximate surface area is 89.4 Å². The van der Waals surface area contributed by atoms with Crippen LogP contribution in [0.1, 0.15) is 12.8 Å². The highest BCUT2D eigenvalue weighted by atomic mass is 79.9. The van der Waals surface area contributed by atoms with Crippen molar-refractivity contribution < 1.29 is 14.0 Å². The topological polar surface area (TPSA) is 46.5 Å². The van der Waals surface area contributed by atoms with Crippen LogP contribution in [0.2, 0.25) is 0 Å². The average Bonchev–Trinajstić information content (AvgIpc) is 2.00. The molecule has 0 aromatic rings. The Bertz CT molecular complexity index is 172. The highest BCUT2D eigenvalue weighted by Gasteiger charge is 1.99. The Morgan fingerprint density at radius 3 is 2.58 bits per heavy atom. The molecule has 0 amide bonds. The van der Waals surface area contributed by atoms with Gasteiger partial charge in [-0.15, -0.1) is 0 Å². The van der Waals surface area contributed by atoms with Crippen molar-refractivity contribution in [2.75, 3.05) is 10.7 Å². The molecule has 0 saturated heterocycles. The molecule has 0 aliphatic rings. The number of halogens is 2. The van der Waals surface area contributed by atoms with Crippen molar-refractivity contribution in [3.8, 4) is 0 Å². The van der Waals surface area contributed by atoms with Gasteiger partial charge >= 0.3 is 8.25 Å². The van der Waals surface area contributed by atoms with Crippen LogP contribution in [0.4, 0.5) is 0 Å². The molecule has 0 spiro atoms. The largest absolute Gasteiger partial charge is 0.431 e. The monoisotopic (exact) mass is 320 g/mol. The molecule has 0 aliphatic heterocycles. The van der Waals surface area contributed by atoms with Crippen molar-refractivity contribution in [2.24, 2.45) is 0 Å². The molecule has 0 aliphatic carbocycles. The number of alkyl halides is 2. The molecule has 0 fully saturated rings. The maximum absolute atomic E-state index is 10.3. The van der Waals surface area contributed by atoms with Gasteiger partial charge in [-0.05, 0) is 12.5 Å². The third kappa shape index (κ3) is 7.35. The Hall–Kier alpha value is 0.690. The zero-order valence-corrected chi connectivity index (χ0v) is 10.6. The van der Waals surface area contributed by atoms with E-state index in [4.69, 9.17) is 9.42 Å². The fourth-order valence-electron chi connectivity index (χ4n) is 0.616. The molecule has 0 bridgehead atoms. The summed E-state index contributed by atoms with van der Waals surface area (Å²) in [7, 11) is -2.84. The van der Waals surface area contributed by atoms with Gasteiger partial charge in [0.25, 0.3) is 0 Å². The van der Waals surface area contributed by atoms with Crippen LogP contribution in [0.25, 0.3) is 0 Å². The fraction of sp³-hybridized carbons (Fsp3) is 0.667. The van der Waals surface area contributed by atoms with Crippen molar-refractivity contribution in [1.29, 1.82) is 0 Å². The summed E-state index contributed by atoms with van der Waals surface area (Å²) < 4.78 is 15.0. The Kier molecular flexibility index (Phi) is 8.77. The van der Waals surface area contributed by atoms with E-state index in [0.29, 0.717) is 12.2 Å². The highest BCUT2D eigenvalue weighted by molar-refractivity contribution is 9.09. The van der Waals surface area contributed by atoms with Crippen LogP contribution >= 0.6 is 40.1 Å². The summed E-state index contributed by atoms with van der Waals surface area (Å²) in [6.45, 7) is 0. The Morgan fingerprint density at radius 2 is 2.17 bits per heavy atom. The van der Waals surface area contributed by atoms with E-state index in [1.54, 1.807) is 0 Å². The van der Waals surface area contributed by atoms with Gasteiger partial charge in [-0.3, -0.25) is 0 Å². The maximum Gasteiger partial charge on any atom is 0.364 e. The zero-order valence-electron chi connectivity index (χ0n) is 6.43. The van der Waals surface area contributed by atoms with Gasteiger partial charge in [-0.25, -0.2) is 4.57 Å². The molecule has 0 heterocycles. The molecule has 0 saturated carbocycles. The summed E-state index contributed by atoms with van der Waals surface area (Å²) in [6.07, 6.45) is 3.26. The quantitative estimate of drug-likeness (QED) is 0.465. The molecule has 0 radical (unpaired) electrons. The second-order valence-corrected chi connectivity index (χ2v) is 4.28. The van der Waals surface area contributed by atoms with Crippen molar-refractivity contribution in [3.63, 3.8) is 0 Å². The lowest BCUT2D eigenvalue weighted by Gasteiger charge is -2.04. The lowest BCUT2D eigenvalue weighted by Crippen LogP contribution is -1.87. The van der Waals surface area contributed by atoms with E-state index in [1.807, 2.05) is 6.08 Å². The van der Waals surface area contributed by atoms with Crippen LogP contribution in [0.15, 0.2) is 11.8 Å². The molecular weight excluding hydrogens is 311 g/mol. The SMILES string of the molecule is O=[PH](O)OC(=CCCBr)CCBr. The summed E-state index contributed by atoms with van der Waals surface area (Å²) in [6, 6.07) is 0. The first-order valence-electron chi connectivity index (χ1n) is 3.42. The van der Waals surface area contributed by atoms with Gasteiger partial charge in [0, 0.05) is 17.1 Å². The highest BCUT2D eigenvalue weighted by Crippen LogP contribution is 2.23. The van der Waals surface area contributed by atoms with Crippen molar-refractivity contribution in [1.82, 2.24) is 0 Å². The van der Waals surface area contributed by atoms with E-state index in [-0.39, 0.29) is 0 Å². The summed E-state index contributed by atoms with van der Waals surface area (Å²) in [5, 5.41) is 1.56. The van der Waals surface area contributed by atoms with Gasteiger partial charge in [0.15, 0.2) is 0 Å². The van der Waals surface area contributed by atoms with Crippen molar-refractivity contribution in [3.05, 3.63) is 11.8 Å². The molecule has 0 aromatic heterocycles. The molecule has 1 unspecified atom stereocenters. The lowest BCUT2D eigenvalue weighted by molar-refractivity contribution is 0.343. The first-order valence-corrected chi connectivity index (χ1v) is 6.93. The predicted octanol–water partition coefficient (Wildman–Crippen LogP) is 2.84. The van der Waals surface area contributed by atoms with Crippen LogP contribution in [-0.2, 0) is 9.09 Å². The van der Waals surface area contributed by atoms with E-state index in [9.17, 15) is 4.57 Å². The van der Waals surface area contributed by atoms with Gasteiger partial charge in [0.1, 0.15) is 5.76 Å². The molecule has 1 N–H and O–H groups in total.